The van der Waals surface area contributed by atoms with E-state index < -0.39 is 12.1 Å². The first-order chi connectivity index (χ1) is 10.3. The van der Waals surface area contributed by atoms with Crippen LogP contribution in [0.4, 0.5) is 0 Å². The van der Waals surface area contributed by atoms with Gasteiger partial charge in [-0.05, 0) is 42.7 Å². The number of para-hydroxylation sites is 2. The number of esters is 1. The Morgan fingerprint density at radius 1 is 1.14 bits per heavy atom. The van der Waals surface area contributed by atoms with Crippen molar-refractivity contribution >= 4 is 17.7 Å². The zero-order valence-corrected chi connectivity index (χ0v) is 12.3. The van der Waals surface area contributed by atoms with Crippen LogP contribution in [0, 0.1) is 0 Å². The first-order valence-electron chi connectivity index (χ1n) is 6.50. The van der Waals surface area contributed by atoms with Gasteiger partial charge in [0.15, 0.2) is 11.5 Å². The summed E-state index contributed by atoms with van der Waals surface area (Å²) in [7, 11) is 0. The Morgan fingerprint density at radius 2 is 1.86 bits per heavy atom. The standard InChI is InChI=1S/C16H14O4S/c1-21-12-8-6-11(7-9-12)19-16(17)15-10-18-13-4-2-3-5-14(13)20-15/h2-9,15H,10H2,1H3/t15-/m0/s1. The molecule has 0 N–H and O–H groups in total. The van der Waals surface area contributed by atoms with E-state index in [1.54, 1.807) is 36.0 Å². The number of hydrogen-bond donors (Lipinski definition) is 0. The van der Waals surface area contributed by atoms with Crippen LogP contribution in [0.1, 0.15) is 0 Å². The highest BCUT2D eigenvalue weighted by Gasteiger charge is 2.29. The lowest BCUT2D eigenvalue weighted by molar-refractivity contribution is -0.144. The van der Waals surface area contributed by atoms with Gasteiger partial charge in [-0.25, -0.2) is 4.79 Å². The molecule has 0 saturated heterocycles. The fraction of sp³-hybridized carbons (Fsp3) is 0.188. The minimum Gasteiger partial charge on any atom is -0.485 e. The molecule has 0 aliphatic carbocycles. The van der Waals surface area contributed by atoms with Gasteiger partial charge >= 0.3 is 5.97 Å². The van der Waals surface area contributed by atoms with E-state index in [1.165, 1.54) is 0 Å². The summed E-state index contributed by atoms with van der Waals surface area (Å²) in [5.41, 5.74) is 0. The smallest absolute Gasteiger partial charge is 0.356 e. The summed E-state index contributed by atoms with van der Waals surface area (Å²) < 4.78 is 16.4. The first-order valence-corrected chi connectivity index (χ1v) is 7.73. The Hall–Kier alpha value is -2.14. The van der Waals surface area contributed by atoms with Crippen LogP contribution in [-0.2, 0) is 4.79 Å². The predicted molar refractivity (Wildman–Crippen MR) is 80.2 cm³/mol. The highest BCUT2D eigenvalue weighted by molar-refractivity contribution is 7.98. The lowest BCUT2D eigenvalue weighted by Gasteiger charge is -2.24. The molecule has 0 unspecified atom stereocenters. The van der Waals surface area contributed by atoms with E-state index in [-0.39, 0.29) is 6.61 Å². The number of thioether (sulfide) groups is 1. The fourth-order valence-electron chi connectivity index (χ4n) is 1.96. The van der Waals surface area contributed by atoms with Crippen molar-refractivity contribution in [3.8, 4) is 17.2 Å². The van der Waals surface area contributed by atoms with Gasteiger partial charge in [-0.3, -0.25) is 0 Å². The summed E-state index contributed by atoms with van der Waals surface area (Å²) in [6.07, 6.45) is 1.24. The summed E-state index contributed by atoms with van der Waals surface area (Å²) in [5, 5.41) is 0. The second kappa shape index (κ2) is 6.10. The van der Waals surface area contributed by atoms with Crippen LogP contribution in [0.3, 0.4) is 0 Å². The molecule has 2 aromatic rings. The highest BCUT2D eigenvalue weighted by Crippen LogP contribution is 2.31. The molecule has 108 valence electrons. The van der Waals surface area contributed by atoms with Crippen LogP contribution < -0.4 is 14.2 Å². The average molecular weight is 302 g/mol. The molecule has 0 aromatic heterocycles. The molecule has 0 saturated carbocycles. The van der Waals surface area contributed by atoms with Crippen molar-refractivity contribution in [1.82, 2.24) is 0 Å². The van der Waals surface area contributed by atoms with E-state index in [0.29, 0.717) is 17.2 Å². The maximum Gasteiger partial charge on any atom is 0.356 e. The van der Waals surface area contributed by atoms with E-state index in [1.807, 2.05) is 30.5 Å². The van der Waals surface area contributed by atoms with Gasteiger partial charge in [0.2, 0.25) is 6.10 Å². The van der Waals surface area contributed by atoms with Crippen molar-refractivity contribution in [2.45, 2.75) is 11.0 Å². The fourth-order valence-corrected chi connectivity index (χ4v) is 2.37. The van der Waals surface area contributed by atoms with Crippen molar-refractivity contribution in [3.63, 3.8) is 0 Å². The van der Waals surface area contributed by atoms with E-state index in [9.17, 15) is 4.79 Å². The van der Waals surface area contributed by atoms with Gasteiger partial charge in [0.1, 0.15) is 12.4 Å². The van der Waals surface area contributed by atoms with Crippen molar-refractivity contribution in [3.05, 3.63) is 48.5 Å². The van der Waals surface area contributed by atoms with E-state index in [2.05, 4.69) is 0 Å². The number of benzene rings is 2. The highest BCUT2D eigenvalue weighted by atomic mass is 32.2. The molecular formula is C16H14O4S. The molecule has 3 rings (SSSR count). The van der Waals surface area contributed by atoms with Crippen molar-refractivity contribution < 1.29 is 19.0 Å². The third-order valence-corrected chi connectivity index (χ3v) is 3.79. The van der Waals surface area contributed by atoms with Crippen molar-refractivity contribution in [2.75, 3.05) is 12.9 Å². The summed E-state index contributed by atoms with van der Waals surface area (Å²) in [6, 6.07) is 14.6. The summed E-state index contributed by atoms with van der Waals surface area (Å²) >= 11 is 1.63. The van der Waals surface area contributed by atoms with Crippen LogP contribution in [0.25, 0.3) is 0 Å². The van der Waals surface area contributed by atoms with Gasteiger partial charge in [0.05, 0.1) is 0 Å². The molecule has 4 nitrogen and oxygen atoms in total. The monoisotopic (exact) mass is 302 g/mol. The topological polar surface area (TPSA) is 44.8 Å². The maximum absolute atomic E-state index is 12.1. The third-order valence-electron chi connectivity index (χ3n) is 3.05. The van der Waals surface area contributed by atoms with Gasteiger partial charge in [0.25, 0.3) is 0 Å². The van der Waals surface area contributed by atoms with Gasteiger partial charge in [-0.15, -0.1) is 11.8 Å². The van der Waals surface area contributed by atoms with E-state index in [0.717, 1.165) is 4.90 Å². The quantitative estimate of drug-likeness (QED) is 0.495. The van der Waals surface area contributed by atoms with Crippen molar-refractivity contribution in [2.24, 2.45) is 0 Å². The normalized spacial score (nSPS) is 16.3. The van der Waals surface area contributed by atoms with Crippen LogP contribution in [-0.4, -0.2) is 24.9 Å². The van der Waals surface area contributed by atoms with Crippen LogP contribution in [0.2, 0.25) is 0 Å². The molecule has 21 heavy (non-hydrogen) atoms. The Bertz CT molecular complexity index is 639. The minimum absolute atomic E-state index is 0.152. The van der Waals surface area contributed by atoms with Gasteiger partial charge in [-0.1, -0.05) is 12.1 Å². The molecule has 1 atom stereocenters. The van der Waals surface area contributed by atoms with Crippen LogP contribution >= 0.6 is 11.8 Å². The Morgan fingerprint density at radius 3 is 2.57 bits per heavy atom. The Labute approximate surface area is 127 Å². The summed E-state index contributed by atoms with van der Waals surface area (Å²) in [6.45, 7) is 0.152. The molecular weight excluding hydrogens is 288 g/mol. The molecule has 1 aliphatic rings. The Kier molecular flexibility index (Phi) is 4.01. The summed E-state index contributed by atoms with van der Waals surface area (Å²) in [5.74, 6) is 1.25. The van der Waals surface area contributed by atoms with Crippen LogP contribution in [0.5, 0.6) is 17.2 Å². The zero-order valence-electron chi connectivity index (χ0n) is 11.4. The maximum atomic E-state index is 12.1. The molecule has 2 aromatic carbocycles. The number of hydrogen-bond acceptors (Lipinski definition) is 5. The molecule has 0 amide bonds. The minimum atomic E-state index is -0.750. The second-order valence-electron chi connectivity index (χ2n) is 4.46. The number of carbonyl (C=O) groups is 1. The average Bonchev–Trinajstić information content (AvgIpc) is 2.55. The largest absolute Gasteiger partial charge is 0.485 e. The van der Waals surface area contributed by atoms with E-state index >= 15 is 0 Å². The lowest BCUT2D eigenvalue weighted by Crippen LogP contribution is -2.39. The number of ether oxygens (including phenoxy) is 3. The first kappa shape index (κ1) is 13.8. The second-order valence-corrected chi connectivity index (χ2v) is 5.34. The molecule has 0 spiro atoms. The molecule has 5 heteroatoms. The molecule has 0 fully saturated rings. The van der Waals surface area contributed by atoms with Crippen LogP contribution in [0.15, 0.2) is 53.4 Å². The molecule has 0 bridgehead atoms. The Balaban J connectivity index is 1.66. The number of fused-ring (bicyclic) bond motifs is 1. The van der Waals surface area contributed by atoms with Gasteiger partial charge < -0.3 is 14.2 Å². The third kappa shape index (κ3) is 3.13. The SMILES string of the molecule is CSc1ccc(OC(=O)[C@@H]2COc3ccccc3O2)cc1. The lowest BCUT2D eigenvalue weighted by atomic mass is 10.2. The van der Waals surface area contributed by atoms with Gasteiger partial charge in [-0.2, -0.15) is 0 Å². The number of carbonyl (C=O) groups excluding carboxylic acids is 1. The molecule has 1 heterocycles. The molecule has 1 aliphatic heterocycles. The summed E-state index contributed by atoms with van der Waals surface area (Å²) in [4.78, 5) is 13.2. The van der Waals surface area contributed by atoms with Crippen molar-refractivity contribution in [1.29, 1.82) is 0 Å². The zero-order chi connectivity index (χ0) is 14.7. The predicted octanol–water partition coefficient (Wildman–Crippen LogP) is 3.15. The van der Waals surface area contributed by atoms with Gasteiger partial charge in [0, 0.05) is 4.90 Å². The van der Waals surface area contributed by atoms with E-state index in [4.69, 9.17) is 14.2 Å². The molecule has 0 radical (unpaired) electrons. The number of rotatable bonds is 3.